The fourth-order valence-electron chi connectivity index (χ4n) is 3.40. The number of methoxy groups -OCH3 is 1. The molecule has 0 amide bonds. The van der Waals surface area contributed by atoms with Crippen molar-refractivity contribution in [1.29, 1.82) is 0 Å². The van der Waals surface area contributed by atoms with Gasteiger partial charge in [0.2, 0.25) is 5.95 Å². The number of nitrogens with zero attached hydrogens (tertiary/aromatic N) is 4. The molecule has 7 nitrogen and oxygen atoms in total. The maximum absolute atomic E-state index is 12.7. The van der Waals surface area contributed by atoms with Crippen molar-refractivity contribution < 1.29 is 9.47 Å². The Labute approximate surface area is 163 Å². The zero-order chi connectivity index (χ0) is 19.5. The predicted molar refractivity (Wildman–Crippen MR) is 107 cm³/mol. The molecule has 0 aliphatic carbocycles. The van der Waals surface area contributed by atoms with Gasteiger partial charge in [-0.15, -0.1) is 0 Å². The van der Waals surface area contributed by atoms with Gasteiger partial charge in [-0.2, -0.15) is 0 Å². The van der Waals surface area contributed by atoms with E-state index in [0.29, 0.717) is 29.7 Å². The third-order valence-electron chi connectivity index (χ3n) is 4.81. The van der Waals surface area contributed by atoms with E-state index < -0.39 is 0 Å². The Morgan fingerprint density at radius 2 is 1.82 bits per heavy atom. The van der Waals surface area contributed by atoms with Crippen molar-refractivity contribution in [2.24, 2.45) is 0 Å². The Balaban J connectivity index is 1.69. The molecule has 0 bridgehead atoms. The minimum Gasteiger partial charge on any atom is -0.493 e. The van der Waals surface area contributed by atoms with Crippen LogP contribution >= 0.6 is 0 Å². The van der Waals surface area contributed by atoms with Crippen LogP contribution in [-0.4, -0.2) is 34.4 Å². The van der Waals surface area contributed by atoms with E-state index >= 15 is 0 Å². The second kappa shape index (κ2) is 7.72. The number of hydrogen-bond donors (Lipinski definition) is 0. The average Bonchev–Trinajstić information content (AvgIpc) is 2.74. The largest absolute Gasteiger partial charge is 0.493 e. The lowest BCUT2D eigenvalue weighted by Gasteiger charge is -2.35. The van der Waals surface area contributed by atoms with Crippen LogP contribution in [-0.2, 0) is 6.54 Å². The van der Waals surface area contributed by atoms with Crippen molar-refractivity contribution >= 4 is 5.95 Å². The van der Waals surface area contributed by atoms with E-state index in [4.69, 9.17) is 14.5 Å². The van der Waals surface area contributed by atoms with Gasteiger partial charge in [-0.1, -0.05) is 12.1 Å². The van der Waals surface area contributed by atoms with E-state index in [1.54, 1.807) is 30.1 Å². The molecule has 0 saturated heterocycles. The number of para-hydroxylation sites is 2. The predicted octanol–water partition coefficient (Wildman–Crippen LogP) is 2.95. The molecular formula is C21H22N4O3. The molecule has 0 spiro atoms. The number of rotatable bonds is 5. The van der Waals surface area contributed by atoms with Crippen molar-refractivity contribution in [3.63, 3.8) is 0 Å². The Morgan fingerprint density at radius 1 is 1.07 bits per heavy atom. The first-order valence-corrected chi connectivity index (χ1v) is 9.26. The van der Waals surface area contributed by atoms with E-state index in [0.717, 1.165) is 18.5 Å². The van der Waals surface area contributed by atoms with Crippen LogP contribution < -0.4 is 19.9 Å². The molecule has 1 atom stereocenters. The van der Waals surface area contributed by atoms with Gasteiger partial charge >= 0.3 is 0 Å². The highest BCUT2D eigenvalue weighted by atomic mass is 16.5. The molecule has 0 fully saturated rings. The topological polar surface area (TPSA) is 69.5 Å². The van der Waals surface area contributed by atoms with E-state index in [1.807, 2.05) is 48.2 Å². The Bertz CT molecular complexity index is 1020. The molecule has 3 aromatic rings. The van der Waals surface area contributed by atoms with Gasteiger partial charge in [0, 0.05) is 37.1 Å². The molecular weight excluding hydrogens is 356 g/mol. The maximum Gasteiger partial charge on any atom is 0.255 e. The molecule has 4 rings (SSSR count). The van der Waals surface area contributed by atoms with E-state index in [9.17, 15) is 4.79 Å². The van der Waals surface area contributed by atoms with Crippen LogP contribution in [0, 0.1) is 0 Å². The van der Waals surface area contributed by atoms with Gasteiger partial charge in [-0.25, -0.2) is 4.98 Å². The fourth-order valence-corrected chi connectivity index (χ4v) is 3.40. The van der Waals surface area contributed by atoms with Crippen molar-refractivity contribution in [3.05, 3.63) is 65.2 Å². The monoisotopic (exact) mass is 378 g/mol. The number of pyridine rings is 1. The van der Waals surface area contributed by atoms with Crippen LogP contribution in [0.1, 0.15) is 13.3 Å². The van der Waals surface area contributed by atoms with Gasteiger partial charge in [0.15, 0.2) is 17.7 Å². The third kappa shape index (κ3) is 3.43. The summed E-state index contributed by atoms with van der Waals surface area (Å²) in [5.41, 5.74) is 1.43. The Morgan fingerprint density at radius 3 is 2.57 bits per heavy atom. The highest BCUT2D eigenvalue weighted by Gasteiger charge is 2.26. The van der Waals surface area contributed by atoms with E-state index in [1.165, 1.54) is 0 Å². The van der Waals surface area contributed by atoms with Crippen LogP contribution in [0.5, 0.6) is 11.5 Å². The van der Waals surface area contributed by atoms with Crippen molar-refractivity contribution in [2.75, 3.05) is 18.6 Å². The van der Waals surface area contributed by atoms with Crippen LogP contribution in [0.4, 0.5) is 5.95 Å². The molecule has 0 N–H and O–H groups in total. The lowest BCUT2D eigenvalue weighted by atomic mass is 10.2. The summed E-state index contributed by atoms with van der Waals surface area (Å²) < 4.78 is 13.2. The summed E-state index contributed by atoms with van der Waals surface area (Å²) in [4.78, 5) is 23.5. The van der Waals surface area contributed by atoms with Gasteiger partial charge in [-0.05, 0) is 37.6 Å². The van der Waals surface area contributed by atoms with Crippen molar-refractivity contribution in [2.45, 2.75) is 26.1 Å². The minimum atomic E-state index is -0.317. The summed E-state index contributed by atoms with van der Waals surface area (Å²) in [5.74, 6) is 1.94. The zero-order valence-electron chi connectivity index (χ0n) is 15.9. The molecule has 1 unspecified atom stereocenters. The third-order valence-corrected chi connectivity index (χ3v) is 4.81. The van der Waals surface area contributed by atoms with Gasteiger partial charge in [0.25, 0.3) is 5.56 Å². The van der Waals surface area contributed by atoms with Gasteiger partial charge in [0.1, 0.15) is 0 Å². The lowest BCUT2D eigenvalue weighted by Crippen LogP contribution is -2.45. The van der Waals surface area contributed by atoms with Gasteiger partial charge in [-0.3, -0.25) is 14.3 Å². The number of benzene rings is 1. The first-order valence-electron chi connectivity index (χ1n) is 9.26. The summed E-state index contributed by atoms with van der Waals surface area (Å²) in [6.45, 7) is 3.35. The first kappa shape index (κ1) is 18.0. The molecule has 28 heavy (non-hydrogen) atoms. The Kier molecular flexibility index (Phi) is 4.97. The van der Waals surface area contributed by atoms with E-state index in [-0.39, 0.29) is 11.8 Å². The SMILES string of the molecule is COc1ccccc1OC(C)N1CCCn2c1nc(-c1ccncc1)cc2=O. The normalized spacial score (nSPS) is 14.3. The summed E-state index contributed by atoms with van der Waals surface area (Å²) in [5, 5.41) is 0. The zero-order valence-corrected chi connectivity index (χ0v) is 15.9. The Hall–Kier alpha value is -3.35. The average molecular weight is 378 g/mol. The molecule has 1 aliphatic rings. The number of anilines is 1. The second-order valence-electron chi connectivity index (χ2n) is 6.58. The minimum absolute atomic E-state index is 0.0639. The summed E-state index contributed by atoms with van der Waals surface area (Å²) in [6.07, 6.45) is 3.92. The molecule has 2 aromatic heterocycles. The molecule has 1 aromatic carbocycles. The van der Waals surface area contributed by atoms with Crippen LogP contribution in [0.25, 0.3) is 11.3 Å². The lowest BCUT2D eigenvalue weighted by molar-refractivity contribution is 0.197. The van der Waals surface area contributed by atoms with Crippen LogP contribution in [0.15, 0.2) is 59.7 Å². The number of ether oxygens (including phenoxy) is 2. The van der Waals surface area contributed by atoms with Gasteiger partial charge < -0.3 is 14.4 Å². The summed E-state index contributed by atoms with van der Waals surface area (Å²) in [7, 11) is 1.62. The molecule has 144 valence electrons. The number of fused-ring (bicyclic) bond motifs is 1. The smallest absolute Gasteiger partial charge is 0.255 e. The highest BCUT2D eigenvalue weighted by molar-refractivity contribution is 5.59. The highest BCUT2D eigenvalue weighted by Crippen LogP contribution is 2.29. The molecule has 1 aliphatic heterocycles. The van der Waals surface area contributed by atoms with Crippen molar-refractivity contribution in [1.82, 2.24) is 14.5 Å². The number of hydrogen-bond acceptors (Lipinski definition) is 6. The molecule has 0 radical (unpaired) electrons. The first-order chi connectivity index (χ1) is 13.7. The van der Waals surface area contributed by atoms with Crippen LogP contribution in [0.2, 0.25) is 0 Å². The fraction of sp³-hybridized carbons (Fsp3) is 0.286. The van der Waals surface area contributed by atoms with Crippen molar-refractivity contribution in [3.8, 4) is 22.8 Å². The van der Waals surface area contributed by atoms with Crippen LogP contribution in [0.3, 0.4) is 0 Å². The van der Waals surface area contributed by atoms with Gasteiger partial charge in [0.05, 0.1) is 12.8 Å². The quantitative estimate of drug-likeness (QED) is 0.680. The van der Waals surface area contributed by atoms with E-state index in [2.05, 4.69) is 4.98 Å². The summed E-state index contributed by atoms with van der Waals surface area (Å²) >= 11 is 0. The second-order valence-corrected chi connectivity index (χ2v) is 6.58. The number of aromatic nitrogens is 3. The standard InChI is InChI=1S/C21H22N4O3/c1-15(28-19-7-4-3-6-18(19)27-2)24-12-5-13-25-20(26)14-17(23-21(24)25)16-8-10-22-11-9-16/h3-4,6-11,14-15H,5,12-13H2,1-2H3. The maximum atomic E-state index is 12.7. The summed E-state index contributed by atoms with van der Waals surface area (Å²) in [6, 6.07) is 12.8. The molecule has 3 heterocycles. The molecule has 0 saturated carbocycles. The molecule has 7 heteroatoms.